The highest BCUT2D eigenvalue weighted by atomic mass is 35.7. The number of carbonyl (C=O) groups is 1. The maximum atomic E-state index is 11.1. The zero-order chi connectivity index (χ0) is 13.4. The molecule has 0 aliphatic carbocycles. The van der Waals surface area contributed by atoms with E-state index in [9.17, 15) is 23.3 Å². The Bertz CT molecular complexity index is 613. The van der Waals surface area contributed by atoms with E-state index < -0.39 is 35.5 Å². The molecule has 0 aliphatic rings. The lowest BCUT2D eigenvalue weighted by Crippen LogP contribution is -2.12. The van der Waals surface area contributed by atoms with Crippen LogP contribution < -0.4 is 5.73 Å². The van der Waals surface area contributed by atoms with Gasteiger partial charge in [-0.05, 0) is 6.07 Å². The molecular formula is C7H4Cl2N2O5S. The van der Waals surface area contributed by atoms with Gasteiger partial charge in [-0.15, -0.1) is 0 Å². The molecule has 2 N–H and O–H groups in total. The molecule has 1 aromatic rings. The van der Waals surface area contributed by atoms with Crippen LogP contribution in [-0.4, -0.2) is 19.2 Å². The lowest BCUT2D eigenvalue weighted by molar-refractivity contribution is -0.384. The largest absolute Gasteiger partial charge is 0.366 e. The predicted molar refractivity (Wildman–Crippen MR) is 59.7 cm³/mol. The average molecular weight is 299 g/mol. The van der Waals surface area contributed by atoms with E-state index in [1.807, 2.05) is 0 Å². The second kappa shape index (κ2) is 4.47. The van der Waals surface area contributed by atoms with Crippen LogP contribution in [0.15, 0.2) is 17.0 Å². The maximum absolute atomic E-state index is 11.1. The Morgan fingerprint density at radius 3 is 2.29 bits per heavy atom. The van der Waals surface area contributed by atoms with Gasteiger partial charge in [-0.25, -0.2) is 8.42 Å². The summed E-state index contributed by atoms with van der Waals surface area (Å²) >= 11 is 5.51. The molecule has 0 saturated heterocycles. The monoisotopic (exact) mass is 298 g/mol. The number of nitro benzene ring substituents is 1. The van der Waals surface area contributed by atoms with Gasteiger partial charge in [-0.1, -0.05) is 11.6 Å². The van der Waals surface area contributed by atoms with Crippen molar-refractivity contribution in [3.8, 4) is 0 Å². The number of hydrogen-bond donors (Lipinski definition) is 1. The van der Waals surface area contributed by atoms with Gasteiger partial charge in [-0.2, -0.15) is 0 Å². The normalized spacial score (nSPS) is 11.2. The van der Waals surface area contributed by atoms with E-state index in [-0.39, 0.29) is 5.56 Å². The molecule has 92 valence electrons. The summed E-state index contributed by atoms with van der Waals surface area (Å²) in [7, 11) is 0.713. The minimum absolute atomic E-state index is 0.375. The van der Waals surface area contributed by atoms with Crippen molar-refractivity contribution in [3.63, 3.8) is 0 Å². The van der Waals surface area contributed by atoms with Crippen LogP contribution in [0.25, 0.3) is 0 Å². The molecule has 0 saturated carbocycles. The molecule has 1 amide bonds. The van der Waals surface area contributed by atoms with Gasteiger partial charge < -0.3 is 5.73 Å². The first-order chi connectivity index (χ1) is 7.64. The van der Waals surface area contributed by atoms with Crippen molar-refractivity contribution >= 4 is 42.9 Å². The SMILES string of the molecule is NC(=O)c1cc([N+](=O)[O-])c(Cl)c(S(=O)(=O)Cl)c1. The molecule has 17 heavy (non-hydrogen) atoms. The van der Waals surface area contributed by atoms with Crippen molar-refractivity contribution in [2.75, 3.05) is 0 Å². The van der Waals surface area contributed by atoms with Gasteiger partial charge in [0.15, 0.2) is 0 Å². The van der Waals surface area contributed by atoms with Gasteiger partial charge in [0.1, 0.15) is 9.92 Å². The minimum atomic E-state index is -4.32. The standard InChI is InChI=1S/C7H4Cl2N2O5S/c8-6-4(11(13)14)1-3(7(10)12)2-5(6)17(9,15)16/h1-2H,(H2,10,12). The van der Waals surface area contributed by atoms with E-state index in [1.54, 1.807) is 0 Å². The number of rotatable bonds is 3. The Labute approximate surface area is 105 Å². The number of hydrogen-bond acceptors (Lipinski definition) is 5. The number of carbonyl (C=O) groups excluding carboxylic acids is 1. The summed E-state index contributed by atoms with van der Waals surface area (Å²) < 4.78 is 22.2. The van der Waals surface area contributed by atoms with E-state index in [0.717, 1.165) is 12.1 Å². The fraction of sp³-hybridized carbons (Fsp3) is 0. The van der Waals surface area contributed by atoms with Crippen molar-refractivity contribution in [2.45, 2.75) is 4.90 Å². The number of amides is 1. The van der Waals surface area contributed by atoms with Gasteiger partial charge in [0.2, 0.25) is 5.91 Å². The quantitative estimate of drug-likeness (QED) is 0.512. The molecule has 0 aliphatic heterocycles. The molecule has 0 heterocycles. The Morgan fingerprint density at radius 1 is 1.41 bits per heavy atom. The fourth-order valence-electron chi connectivity index (χ4n) is 1.04. The lowest BCUT2D eigenvalue weighted by Gasteiger charge is -2.03. The third-order valence-corrected chi connectivity index (χ3v) is 3.62. The first-order valence-corrected chi connectivity index (χ1v) is 6.55. The molecule has 0 bridgehead atoms. The van der Waals surface area contributed by atoms with E-state index >= 15 is 0 Å². The van der Waals surface area contributed by atoms with Crippen LogP contribution in [0.4, 0.5) is 5.69 Å². The molecule has 1 aromatic carbocycles. The Morgan fingerprint density at radius 2 is 1.94 bits per heavy atom. The summed E-state index contributed by atoms with van der Waals surface area (Å²) in [5.74, 6) is -1.04. The van der Waals surface area contributed by atoms with Gasteiger partial charge >= 0.3 is 0 Å². The molecule has 1 rings (SSSR count). The third-order valence-electron chi connectivity index (χ3n) is 1.76. The number of nitrogens with two attached hydrogens (primary N) is 1. The van der Waals surface area contributed by atoms with Crippen molar-refractivity contribution in [3.05, 3.63) is 32.8 Å². The maximum Gasteiger partial charge on any atom is 0.290 e. The summed E-state index contributed by atoms with van der Waals surface area (Å²) in [6.45, 7) is 0. The fourth-order valence-corrected chi connectivity index (χ4v) is 2.59. The molecule has 0 fully saturated rings. The number of primary amides is 1. The van der Waals surface area contributed by atoms with Gasteiger partial charge in [0.25, 0.3) is 14.7 Å². The van der Waals surface area contributed by atoms with E-state index in [2.05, 4.69) is 0 Å². The topological polar surface area (TPSA) is 120 Å². The zero-order valence-electron chi connectivity index (χ0n) is 7.88. The summed E-state index contributed by atoms with van der Waals surface area (Å²) in [6, 6.07) is 1.55. The van der Waals surface area contributed by atoms with E-state index in [0.29, 0.717) is 0 Å². The number of halogens is 2. The first-order valence-electron chi connectivity index (χ1n) is 3.87. The van der Waals surface area contributed by atoms with Gasteiger partial charge in [0, 0.05) is 22.3 Å². The number of benzene rings is 1. The molecule has 0 spiro atoms. The van der Waals surface area contributed by atoms with E-state index in [4.69, 9.17) is 28.0 Å². The van der Waals surface area contributed by atoms with Crippen molar-refractivity contribution in [2.24, 2.45) is 5.73 Å². The molecule has 7 nitrogen and oxygen atoms in total. The van der Waals surface area contributed by atoms with Crippen LogP contribution in [0.2, 0.25) is 5.02 Å². The van der Waals surface area contributed by atoms with Crippen molar-refractivity contribution in [1.29, 1.82) is 0 Å². The average Bonchev–Trinajstić information content (AvgIpc) is 2.15. The smallest absolute Gasteiger partial charge is 0.290 e. The second-order valence-electron chi connectivity index (χ2n) is 2.87. The first kappa shape index (κ1) is 13.7. The predicted octanol–water partition coefficient (Wildman–Crippen LogP) is 1.27. The summed E-state index contributed by atoms with van der Waals surface area (Å²) in [5.41, 5.74) is 3.77. The molecular weight excluding hydrogens is 295 g/mol. The van der Waals surface area contributed by atoms with E-state index in [1.165, 1.54) is 0 Å². The minimum Gasteiger partial charge on any atom is -0.366 e. The molecule has 10 heteroatoms. The molecule has 0 radical (unpaired) electrons. The van der Waals surface area contributed by atoms with Gasteiger partial charge in [0.05, 0.1) is 4.92 Å². The van der Waals surface area contributed by atoms with Crippen molar-refractivity contribution < 1.29 is 18.1 Å². The number of nitro groups is 1. The van der Waals surface area contributed by atoms with Crippen LogP contribution >= 0.6 is 22.3 Å². The second-order valence-corrected chi connectivity index (χ2v) is 5.78. The van der Waals surface area contributed by atoms with Crippen molar-refractivity contribution in [1.82, 2.24) is 0 Å². The highest BCUT2D eigenvalue weighted by Crippen LogP contribution is 2.34. The summed E-state index contributed by atoms with van der Waals surface area (Å²) in [6.07, 6.45) is 0. The highest BCUT2D eigenvalue weighted by Gasteiger charge is 2.26. The van der Waals surface area contributed by atoms with Crippen LogP contribution in [-0.2, 0) is 9.05 Å². The molecule has 0 atom stereocenters. The Kier molecular flexibility index (Phi) is 3.60. The Hall–Kier alpha value is -1.38. The van der Waals surface area contributed by atoms with Gasteiger partial charge in [-0.3, -0.25) is 14.9 Å². The van der Waals surface area contributed by atoms with Crippen LogP contribution in [0, 0.1) is 10.1 Å². The summed E-state index contributed by atoms with van der Waals surface area (Å²) in [4.78, 5) is 19.8. The van der Waals surface area contributed by atoms with Crippen LogP contribution in [0.1, 0.15) is 10.4 Å². The molecule has 0 aromatic heterocycles. The lowest BCUT2D eigenvalue weighted by atomic mass is 10.2. The van der Waals surface area contributed by atoms with Crippen LogP contribution in [0.5, 0.6) is 0 Å². The van der Waals surface area contributed by atoms with Crippen LogP contribution in [0.3, 0.4) is 0 Å². The molecule has 0 unspecified atom stereocenters. The third kappa shape index (κ3) is 2.84. The number of nitrogens with zero attached hydrogens (tertiary/aromatic N) is 1. The summed E-state index contributed by atoms with van der Waals surface area (Å²) in [5, 5.41) is 9.94. The highest BCUT2D eigenvalue weighted by molar-refractivity contribution is 8.13. The zero-order valence-corrected chi connectivity index (χ0v) is 10.2. The Balaban J connectivity index is 3.73.